The molecule has 2 aromatic carbocycles. The van der Waals surface area contributed by atoms with E-state index in [1.54, 1.807) is 24.3 Å². The molecule has 0 atom stereocenters. The molecule has 3 amide bonds. The number of halogens is 1. The predicted molar refractivity (Wildman–Crippen MR) is 144 cm³/mol. The first kappa shape index (κ1) is 25.3. The van der Waals surface area contributed by atoms with Gasteiger partial charge in [-0.3, -0.25) is 19.3 Å². The van der Waals surface area contributed by atoms with Gasteiger partial charge in [0, 0.05) is 35.8 Å². The Bertz CT molecular complexity index is 1390. The molecule has 5 rings (SSSR count). The fraction of sp³-hybridized carbons (Fsp3) is 0.345. The Labute approximate surface area is 220 Å². The minimum Gasteiger partial charge on any atom is -0.341 e. The van der Waals surface area contributed by atoms with Crippen LogP contribution in [0.25, 0.3) is 17.0 Å². The van der Waals surface area contributed by atoms with Crippen LogP contribution in [0.15, 0.2) is 53.6 Å². The van der Waals surface area contributed by atoms with Crippen molar-refractivity contribution in [2.24, 2.45) is 0 Å². The van der Waals surface area contributed by atoms with Crippen LogP contribution >= 0.6 is 11.8 Å². The number of thioether (sulfide) groups is 1. The molecule has 2 saturated heterocycles. The molecule has 0 spiro atoms. The third kappa shape index (κ3) is 5.21. The summed E-state index contributed by atoms with van der Waals surface area (Å²) < 4.78 is 16.1. The van der Waals surface area contributed by atoms with E-state index in [-0.39, 0.29) is 19.0 Å². The molecule has 0 N–H and O–H groups in total. The zero-order valence-corrected chi connectivity index (χ0v) is 21.7. The highest BCUT2D eigenvalue weighted by Gasteiger charge is 2.35. The maximum absolute atomic E-state index is 14.1. The van der Waals surface area contributed by atoms with Crippen LogP contribution in [0.5, 0.6) is 0 Å². The van der Waals surface area contributed by atoms with E-state index in [1.807, 2.05) is 27.8 Å². The number of para-hydroxylation sites is 1. The Balaban J connectivity index is 1.46. The van der Waals surface area contributed by atoms with E-state index < -0.39 is 17.0 Å². The van der Waals surface area contributed by atoms with Crippen LogP contribution in [0.4, 0.5) is 9.18 Å². The molecule has 0 radical (unpaired) electrons. The van der Waals surface area contributed by atoms with Crippen molar-refractivity contribution in [1.29, 1.82) is 0 Å². The largest absolute Gasteiger partial charge is 0.341 e. The van der Waals surface area contributed by atoms with E-state index in [4.69, 9.17) is 0 Å². The van der Waals surface area contributed by atoms with Crippen LogP contribution < -0.4 is 0 Å². The van der Waals surface area contributed by atoms with Gasteiger partial charge in [-0.1, -0.05) is 56.2 Å². The zero-order chi connectivity index (χ0) is 25.9. The van der Waals surface area contributed by atoms with Crippen LogP contribution in [-0.2, 0) is 29.1 Å². The number of aromatic nitrogens is 1. The minimum atomic E-state index is -0.449. The highest BCUT2D eigenvalue weighted by atomic mass is 32.2. The van der Waals surface area contributed by atoms with Crippen molar-refractivity contribution in [2.75, 3.05) is 13.1 Å². The Hall–Kier alpha value is -3.39. The first-order valence-electron chi connectivity index (χ1n) is 12.8. The summed E-state index contributed by atoms with van der Waals surface area (Å²) in [5.41, 5.74) is 3.17. The molecule has 3 aromatic rings. The molecule has 0 unspecified atom stereocenters. The van der Waals surface area contributed by atoms with Crippen LogP contribution in [0.2, 0.25) is 0 Å². The van der Waals surface area contributed by atoms with Gasteiger partial charge >= 0.3 is 0 Å². The molecule has 37 heavy (non-hydrogen) atoms. The molecule has 2 fully saturated rings. The number of benzene rings is 2. The van der Waals surface area contributed by atoms with Gasteiger partial charge in [0.1, 0.15) is 12.4 Å². The maximum Gasteiger partial charge on any atom is 0.293 e. The number of likely N-dealkylation sites (tertiary alicyclic amines) is 1. The number of nitrogens with zero attached hydrogens (tertiary/aromatic N) is 3. The van der Waals surface area contributed by atoms with Crippen LogP contribution in [0.3, 0.4) is 0 Å². The highest BCUT2D eigenvalue weighted by molar-refractivity contribution is 8.18. The summed E-state index contributed by atoms with van der Waals surface area (Å²) >= 11 is 0.860. The summed E-state index contributed by atoms with van der Waals surface area (Å²) in [5, 5.41) is 0.512. The third-order valence-electron chi connectivity index (χ3n) is 7.10. The van der Waals surface area contributed by atoms with Gasteiger partial charge < -0.3 is 9.47 Å². The average Bonchev–Trinajstić information content (AvgIpc) is 3.20. The fourth-order valence-electron chi connectivity index (χ4n) is 5.13. The number of hydrogen-bond donors (Lipinski definition) is 0. The van der Waals surface area contributed by atoms with Crippen molar-refractivity contribution in [1.82, 2.24) is 14.4 Å². The predicted octanol–water partition coefficient (Wildman–Crippen LogP) is 5.98. The average molecular weight is 520 g/mol. The molecule has 2 aliphatic rings. The molecule has 6 nitrogen and oxygen atoms in total. The van der Waals surface area contributed by atoms with Crippen molar-refractivity contribution in [2.45, 2.75) is 52.1 Å². The van der Waals surface area contributed by atoms with Crippen molar-refractivity contribution < 1.29 is 18.8 Å². The number of amides is 3. The normalized spacial score (nSPS) is 17.7. The van der Waals surface area contributed by atoms with Crippen molar-refractivity contribution in [3.63, 3.8) is 0 Å². The summed E-state index contributed by atoms with van der Waals surface area (Å²) in [6, 6.07) is 12.2. The zero-order valence-electron chi connectivity index (χ0n) is 20.9. The Morgan fingerprint density at radius 2 is 1.73 bits per heavy atom. The molecule has 1 aromatic heterocycles. The van der Waals surface area contributed by atoms with Crippen molar-refractivity contribution in [3.8, 4) is 0 Å². The number of carbonyl (C=O) groups excluding carboxylic acids is 3. The Morgan fingerprint density at radius 1 is 1.00 bits per heavy atom. The number of hydrogen-bond acceptors (Lipinski definition) is 4. The van der Waals surface area contributed by atoms with E-state index in [9.17, 15) is 18.8 Å². The van der Waals surface area contributed by atoms with Gasteiger partial charge in [0.2, 0.25) is 5.91 Å². The van der Waals surface area contributed by atoms with E-state index in [0.717, 1.165) is 83.9 Å². The van der Waals surface area contributed by atoms with Gasteiger partial charge in [-0.05, 0) is 48.7 Å². The Kier molecular flexibility index (Phi) is 7.46. The molecule has 192 valence electrons. The van der Waals surface area contributed by atoms with Crippen LogP contribution in [0, 0.1) is 5.82 Å². The van der Waals surface area contributed by atoms with Gasteiger partial charge in [0.05, 0.1) is 17.0 Å². The minimum absolute atomic E-state index is 0.0986. The second-order valence-electron chi connectivity index (χ2n) is 9.53. The summed E-state index contributed by atoms with van der Waals surface area (Å²) in [5.74, 6) is -0.789. The van der Waals surface area contributed by atoms with Gasteiger partial charge in [-0.2, -0.15) is 0 Å². The van der Waals surface area contributed by atoms with Crippen molar-refractivity contribution >= 4 is 45.8 Å². The fourth-order valence-corrected chi connectivity index (χ4v) is 5.96. The van der Waals surface area contributed by atoms with E-state index >= 15 is 0 Å². The molecule has 0 saturated carbocycles. The molecule has 3 heterocycles. The lowest BCUT2D eigenvalue weighted by Gasteiger charge is -2.21. The molecule has 8 heteroatoms. The summed E-state index contributed by atoms with van der Waals surface area (Å²) in [4.78, 5) is 42.3. The van der Waals surface area contributed by atoms with E-state index in [2.05, 4.69) is 13.0 Å². The van der Waals surface area contributed by atoms with Gasteiger partial charge in [0.25, 0.3) is 11.1 Å². The van der Waals surface area contributed by atoms with Gasteiger partial charge in [-0.15, -0.1) is 0 Å². The molecule has 0 bridgehead atoms. The second kappa shape index (κ2) is 10.9. The maximum atomic E-state index is 14.1. The standard InChI is InChI=1S/C29H30FN3O3S/c1-2-20-11-9-12-23-22(17-32(27(20)23)19-26(34)31-14-7-3-4-8-15-31)16-25-28(35)33(29(36)37-25)18-21-10-5-6-13-24(21)30/h5-6,9-13,16-17H,2-4,7-8,14-15,18-19H2,1H3/b25-16-. The first-order valence-corrected chi connectivity index (χ1v) is 13.6. The quantitative estimate of drug-likeness (QED) is 0.376. The lowest BCUT2D eigenvalue weighted by molar-refractivity contribution is -0.131. The number of fused-ring (bicyclic) bond motifs is 1. The summed E-state index contributed by atoms with van der Waals surface area (Å²) in [6.45, 7) is 3.79. The molecular weight excluding hydrogens is 489 g/mol. The first-order chi connectivity index (χ1) is 18.0. The van der Waals surface area contributed by atoms with Crippen LogP contribution in [-0.4, -0.2) is 44.5 Å². The molecule has 2 aliphatic heterocycles. The smallest absolute Gasteiger partial charge is 0.293 e. The van der Waals surface area contributed by atoms with Crippen molar-refractivity contribution in [3.05, 3.63) is 76.1 Å². The highest BCUT2D eigenvalue weighted by Crippen LogP contribution is 2.36. The number of rotatable bonds is 6. The van der Waals surface area contributed by atoms with E-state index in [1.165, 1.54) is 6.07 Å². The number of carbonyl (C=O) groups is 3. The number of imide groups is 1. The van der Waals surface area contributed by atoms with E-state index in [0.29, 0.717) is 10.5 Å². The molecule has 0 aliphatic carbocycles. The van der Waals surface area contributed by atoms with Crippen LogP contribution in [0.1, 0.15) is 49.3 Å². The second-order valence-corrected chi connectivity index (χ2v) is 10.5. The van der Waals surface area contributed by atoms with Gasteiger partial charge in [-0.25, -0.2) is 4.39 Å². The monoisotopic (exact) mass is 519 g/mol. The molecular formula is C29H30FN3O3S. The lowest BCUT2D eigenvalue weighted by Crippen LogP contribution is -2.34. The number of aryl methyl sites for hydroxylation is 1. The third-order valence-corrected chi connectivity index (χ3v) is 8.01. The topological polar surface area (TPSA) is 62.6 Å². The van der Waals surface area contributed by atoms with Gasteiger partial charge in [0.15, 0.2) is 0 Å². The Morgan fingerprint density at radius 3 is 2.46 bits per heavy atom. The summed E-state index contributed by atoms with van der Waals surface area (Å²) in [7, 11) is 0. The summed E-state index contributed by atoms with van der Waals surface area (Å²) in [6.07, 6.45) is 8.82. The SMILES string of the molecule is CCc1cccc2c(/C=C3\SC(=O)N(Cc4ccccc4F)C3=O)cn(CC(=O)N3CCCCCC3)c12. The lowest BCUT2D eigenvalue weighted by atomic mass is 10.1.